The highest BCUT2D eigenvalue weighted by atomic mass is 16.5. The number of hydrogen-bond acceptors (Lipinski definition) is 3. The Labute approximate surface area is 65.7 Å². The second-order valence-corrected chi connectivity index (χ2v) is 2.96. The number of Topliss-reactive ketones (excluding diaryl/α,β-unsaturated/α-hetero) is 1. The molecule has 0 aliphatic heterocycles. The molecular formula is C8H12O3. The lowest BCUT2D eigenvalue weighted by atomic mass is 10.1. The molecule has 0 heterocycles. The number of hydrogen-bond donors (Lipinski definition) is 0. The van der Waals surface area contributed by atoms with Gasteiger partial charge in [-0.1, -0.05) is 6.92 Å². The van der Waals surface area contributed by atoms with E-state index < -0.39 is 5.92 Å². The molecule has 2 atom stereocenters. The van der Waals surface area contributed by atoms with Crippen molar-refractivity contribution in [2.45, 2.75) is 19.8 Å². The first-order valence-corrected chi connectivity index (χ1v) is 3.78. The van der Waals surface area contributed by atoms with E-state index in [1.165, 1.54) is 7.11 Å². The van der Waals surface area contributed by atoms with Crippen LogP contribution in [0.4, 0.5) is 0 Å². The summed E-state index contributed by atoms with van der Waals surface area (Å²) >= 11 is 0. The van der Waals surface area contributed by atoms with E-state index in [1.807, 2.05) is 6.92 Å². The molecule has 2 unspecified atom stereocenters. The van der Waals surface area contributed by atoms with Gasteiger partial charge in [-0.25, -0.2) is 0 Å². The predicted octanol–water partition coefficient (Wildman–Crippen LogP) is 0.775. The molecule has 1 fully saturated rings. The van der Waals surface area contributed by atoms with Gasteiger partial charge in [-0.15, -0.1) is 0 Å². The Bertz CT molecular complexity index is 186. The highest BCUT2D eigenvalue weighted by molar-refractivity contribution is 6.01. The van der Waals surface area contributed by atoms with Gasteiger partial charge in [0.1, 0.15) is 11.7 Å². The maximum absolute atomic E-state index is 11.2. The molecule has 1 saturated carbocycles. The predicted molar refractivity (Wildman–Crippen MR) is 38.9 cm³/mol. The van der Waals surface area contributed by atoms with Gasteiger partial charge in [0.25, 0.3) is 0 Å². The Morgan fingerprint density at radius 1 is 1.55 bits per heavy atom. The average Bonchev–Trinajstić information content (AvgIpc) is 2.32. The molecule has 0 aromatic carbocycles. The van der Waals surface area contributed by atoms with Crippen molar-refractivity contribution in [3.8, 4) is 0 Å². The van der Waals surface area contributed by atoms with Crippen molar-refractivity contribution >= 4 is 11.8 Å². The first kappa shape index (κ1) is 8.24. The molecule has 0 aromatic heterocycles. The molecule has 0 N–H and O–H groups in total. The van der Waals surface area contributed by atoms with Crippen molar-refractivity contribution in [2.24, 2.45) is 11.8 Å². The fourth-order valence-corrected chi connectivity index (χ4v) is 1.42. The largest absolute Gasteiger partial charge is 0.468 e. The number of esters is 1. The summed E-state index contributed by atoms with van der Waals surface area (Å²) in [6.45, 7) is 1.85. The summed E-state index contributed by atoms with van der Waals surface area (Å²) in [5.74, 6) is -0.773. The Morgan fingerprint density at radius 2 is 2.18 bits per heavy atom. The third-order valence-electron chi connectivity index (χ3n) is 2.20. The first-order valence-electron chi connectivity index (χ1n) is 3.78. The Morgan fingerprint density at radius 3 is 2.55 bits per heavy atom. The van der Waals surface area contributed by atoms with Gasteiger partial charge in [-0.2, -0.15) is 0 Å². The van der Waals surface area contributed by atoms with Crippen molar-refractivity contribution in [3.05, 3.63) is 0 Å². The highest BCUT2D eigenvalue weighted by Gasteiger charge is 2.36. The first-order chi connectivity index (χ1) is 5.16. The van der Waals surface area contributed by atoms with E-state index >= 15 is 0 Å². The van der Waals surface area contributed by atoms with E-state index in [9.17, 15) is 9.59 Å². The molecule has 0 spiro atoms. The minimum atomic E-state index is -0.477. The summed E-state index contributed by atoms with van der Waals surface area (Å²) in [4.78, 5) is 22.1. The van der Waals surface area contributed by atoms with Gasteiger partial charge in [0, 0.05) is 5.92 Å². The number of carbonyl (C=O) groups excluding carboxylic acids is 2. The molecule has 3 heteroatoms. The van der Waals surface area contributed by atoms with E-state index in [4.69, 9.17) is 0 Å². The third kappa shape index (κ3) is 1.42. The van der Waals surface area contributed by atoms with Crippen LogP contribution in [0.5, 0.6) is 0 Å². The third-order valence-corrected chi connectivity index (χ3v) is 2.20. The van der Waals surface area contributed by atoms with E-state index in [0.29, 0.717) is 6.42 Å². The summed E-state index contributed by atoms with van der Waals surface area (Å²) in [5, 5.41) is 0. The molecule has 0 radical (unpaired) electrons. The van der Waals surface area contributed by atoms with Gasteiger partial charge < -0.3 is 4.74 Å². The quantitative estimate of drug-likeness (QED) is 0.416. The van der Waals surface area contributed by atoms with Crippen LogP contribution >= 0.6 is 0 Å². The second kappa shape index (κ2) is 3.03. The molecular weight excluding hydrogens is 144 g/mol. The maximum atomic E-state index is 11.2. The van der Waals surface area contributed by atoms with Crippen LogP contribution in [0.1, 0.15) is 19.8 Å². The van der Waals surface area contributed by atoms with Gasteiger partial charge in [0.15, 0.2) is 0 Å². The standard InChI is InChI=1S/C8H12O3/c1-5-3-4-6(7(5)9)8(10)11-2/h5-6H,3-4H2,1-2H3. The van der Waals surface area contributed by atoms with Gasteiger partial charge >= 0.3 is 5.97 Å². The van der Waals surface area contributed by atoms with E-state index in [1.54, 1.807) is 0 Å². The monoisotopic (exact) mass is 156 g/mol. The SMILES string of the molecule is COC(=O)C1CCC(C)C1=O. The molecule has 0 aromatic rings. The zero-order chi connectivity index (χ0) is 8.43. The van der Waals surface area contributed by atoms with Gasteiger partial charge in [-0.3, -0.25) is 9.59 Å². The van der Waals surface area contributed by atoms with Crippen LogP contribution in [0.25, 0.3) is 0 Å². The minimum absolute atomic E-state index is 0.0388. The number of rotatable bonds is 1. The Hall–Kier alpha value is -0.860. The lowest BCUT2D eigenvalue weighted by Gasteiger charge is -2.04. The van der Waals surface area contributed by atoms with Gasteiger partial charge in [0.05, 0.1) is 7.11 Å². The summed E-state index contributed by atoms with van der Waals surface area (Å²) in [7, 11) is 1.32. The zero-order valence-electron chi connectivity index (χ0n) is 6.79. The minimum Gasteiger partial charge on any atom is -0.468 e. The molecule has 0 saturated heterocycles. The number of ether oxygens (including phenoxy) is 1. The maximum Gasteiger partial charge on any atom is 0.316 e. The summed E-state index contributed by atoms with van der Waals surface area (Å²) in [6, 6.07) is 0. The van der Waals surface area contributed by atoms with Crippen LogP contribution in [-0.2, 0) is 14.3 Å². The Balaban J connectivity index is 2.62. The lowest BCUT2D eigenvalue weighted by Crippen LogP contribution is -2.22. The van der Waals surface area contributed by atoms with E-state index in [0.717, 1.165) is 6.42 Å². The van der Waals surface area contributed by atoms with Crippen molar-refractivity contribution in [3.63, 3.8) is 0 Å². The molecule has 1 aliphatic carbocycles. The van der Waals surface area contributed by atoms with Crippen LogP contribution in [0.15, 0.2) is 0 Å². The van der Waals surface area contributed by atoms with Crippen LogP contribution in [-0.4, -0.2) is 18.9 Å². The van der Waals surface area contributed by atoms with Gasteiger partial charge in [-0.05, 0) is 12.8 Å². The fraction of sp³-hybridized carbons (Fsp3) is 0.750. The highest BCUT2D eigenvalue weighted by Crippen LogP contribution is 2.27. The normalized spacial score (nSPS) is 30.5. The fourth-order valence-electron chi connectivity index (χ4n) is 1.42. The molecule has 1 rings (SSSR count). The Kier molecular flexibility index (Phi) is 2.27. The van der Waals surface area contributed by atoms with Crippen molar-refractivity contribution in [1.82, 2.24) is 0 Å². The molecule has 0 bridgehead atoms. The average molecular weight is 156 g/mol. The van der Waals surface area contributed by atoms with Gasteiger partial charge in [0.2, 0.25) is 0 Å². The molecule has 11 heavy (non-hydrogen) atoms. The topological polar surface area (TPSA) is 43.4 Å². The van der Waals surface area contributed by atoms with Crippen LogP contribution in [0, 0.1) is 11.8 Å². The molecule has 1 aliphatic rings. The number of carbonyl (C=O) groups is 2. The van der Waals surface area contributed by atoms with E-state index in [2.05, 4.69) is 4.74 Å². The van der Waals surface area contributed by atoms with Crippen LogP contribution in [0.2, 0.25) is 0 Å². The zero-order valence-corrected chi connectivity index (χ0v) is 6.79. The molecule has 3 nitrogen and oxygen atoms in total. The van der Waals surface area contributed by atoms with Crippen molar-refractivity contribution < 1.29 is 14.3 Å². The van der Waals surface area contributed by atoms with E-state index in [-0.39, 0.29) is 17.7 Å². The smallest absolute Gasteiger partial charge is 0.316 e. The van der Waals surface area contributed by atoms with Crippen molar-refractivity contribution in [1.29, 1.82) is 0 Å². The summed E-state index contributed by atoms with van der Waals surface area (Å²) in [6.07, 6.45) is 1.48. The van der Waals surface area contributed by atoms with Crippen molar-refractivity contribution in [2.75, 3.05) is 7.11 Å². The lowest BCUT2D eigenvalue weighted by molar-refractivity contribution is -0.148. The second-order valence-electron chi connectivity index (χ2n) is 2.96. The summed E-state index contributed by atoms with van der Waals surface area (Å²) < 4.78 is 4.49. The molecule has 62 valence electrons. The number of ketones is 1. The molecule has 0 amide bonds. The summed E-state index contributed by atoms with van der Waals surface area (Å²) in [5.41, 5.74) is 0. The number of methoxy groups -OCH3 is 1. The van der Waals surface area contributed by atoms with Crippen LogP contribution < -0.4 is 0 Å². The van der Waals surface area contributed by atoms with Crippen LogP contribution in [0.3, 0.4) is 0 Å².